The summed E-state index contributed by atoms with van der Waals surface area (Å²) in [4.78, 5) is 22.2. The van der Waals surface area contributed by atoms with Gasteiger partial charge in [-0.15, -0.1) is 0 Å². The molecular formula is C36H44O8. The first-order valence-electron chi connectivity index (χ1n) is 15.7. The Morgan fingerprint density at radius 1 is 0.591 bits per heavy atom. The van der Waals surface area contributed by atoms with Gasteiger partial charge in [0.05, 0.1) is 26.4 Å². The number of benzene rings is 2. The molecule has 4 aliphatic rings. The number of carbonyl (C=O) groups is 2. The third-order valence-corrected chi connectivity index (χ3v) is 9.36. The molecule has 4 bridgehead atoms. The predicted octanol–water partition coefficient (Wildman–Crippen LogP) is 5.68. The Morgan fingerprint density at radius 3 is 1.36 bits per heavy atom. The molecule has 0 spiro atoms. The molecule has 8 heteroatoms. The van der Waals surface area contributed by atoms with E-state index in [2.05, 4.69) is 61.7 Å². The molecular weight excluding hydrogens is 560 g/mol. The summed E-state index contributed by atoms with van der Waals surface area (Å²) < 4.78 is 32.7. The van der Waals surface area contributed by atoms with Gasteiger partial charge in [-0.2, -0.15) is 0 Å². The van der Waals surface area contributed by atoms with Crippen molar-refractivity contribution in [1.29, 1.82) is 0 Å². The molecule has 0 aromatic heterocycles. The van der Waals surface area contributed by atoms with Crippen LogP contribution in [0, 0.1) is 23.7 Å². The first-order chi connectivity index (χ1) is 21.5. The minimum absolute atomic E-state index is 0.0115. The number of carbonyl (C=O) groups excluding carboxylic acids is 2. The van der Waals surface area contributed by atoms with Crippen LogP contribution in [0.25, 0.3) is 0 Å². The van der Waals surface area contributed by atoms with Crippen molar-refractivity contribution < 1.29 is 38.0 Å². The van der Waals surface area contributed by atoms with Crippen molar-refractivity contribution in [1.82, 2.24) is 0 Å². The zero-order chi connectivity index (χ0) is 30.8. The molecule has 44 heavy (non-hydrogen) atoms. The van der Waals surface area contributed by atoms with E-state index in [1.165, 1.54) is 43.2 Å². The van der Waals surface area contributed by atoms with E-state index in [0.717, 1.165) is 35.5 Å². The number of hydrogen-bond acceptors (Lipinski definition) is 8. The Labute approximate surface area is 260 Å². The summed E-state index contributed by atoms with van der Waals surface area (Å²) in [5, 5.41) is 0. The second-order valence-electron chi connectivity index (χ2n) is 11.9. The van der Waals surface area contributed by atoms with Crippen molar-refractivity contribution in [2.24, 2.45) is 23.7 Å². The molecule has 0 saturated heterocycles. The highest BCUT2D eigenvalue weighted by atomic mass is 16.6. The highest BCUT2D eigenvalue weighted by Crippen LogP contribution is 2.65. The van der Waals surface area contributed by atoms with Crippen molar-refractivity contribution in [2.75, 3.05) is 52.9 Å². The normalized spacial score (nSPS) is 22.6. The second-order valence-corrected chi connectivity index (χ2v) is 11.9. The summed E-state index contributed by atoms with van der Waals surface area (Å²) in [5.74, 6) is 3.71. The van der Waals surface area contributed by atoms with Crippen LogP contribution in [0.4, 0.5) is 0 Å². The number of ether oxygens (including phenoxy) is 6. The van der Waals surface area contributed by atoms with E-state index in [9.17, 15) is 9.59 Å². The molecule has 4 fully saturated rings. The maximum atomic E-state index is 11.1. The molecule has 0 atom stereocenters. The molecule has 0 heterocycles. The van der Waals surface area contributed by atoms with Gasteiger partial charge in [-0.25, -0.2) is 9.59 Å². The molecule has 0 aliphatic heterocycles. The van der Waals surface area contributed by atoms with Crippen molar-refractivity contribution >= 4 is 11.9 Å². The van der Waals surface area contributed by atoms with Gasteiger partial charge in [-0.3, -0.25) is 0 Å². The van der Waals surface area contributed by atoms with Crippen molar-refractivity contribution in [2.45, 2.75) is 37.5 Å². The van der Waals surface area contributed by atoms with E-state index in [-0.39, 0.29) is 18.6 Å². The van der Waals surface area contributed by atoms with Gasteiger partial charge in [-0.05, 0) is 91.2 Å². The summed E-state index contributed by atoms with van der Waals surface area (Å²) in [5.41, 5.74) is 2.74. The van der Waals surface area contributed by atoms with Crippen LogP contribution in [0.15, 0.2) is 73.8 Å². The largest absolute Gasteiger partial charge is 0.491 e. The third kappa shape index (κ3) is 7.53. The molecule has 0 amide bonds. The van der Waals surface area contributed by atoms with Gasteiger partial charge < -0.3 is 28.4 Å². The lowest BCUT2D eigenvalue weighted by Crippen LogP contribution is -2.56. The number of esters is 2. The van der Waals surface area contributed by atoms with E-state index < -0.39 is 11.9 Å². The topological polar surface area (TPSA) is 89.5 Å². The summed E-state index contributed by atoms with van der Waals surface area (Å²) in [7, 11) is 0. The van der Waals surface area contributed by atoms with E-state index >= 15 is 0 Å². The zero-order valence-electron chi connectivity index (χ0n) is 25.5. The lowest BCUT2D eigenvalue weighted by molar-refractivity contribution is -0.140. The van der Waals surface area contributed by atoms with Gasteiger partial charge in [0.25, 0.3) is 0 Å². The van der Waals surface area contributed by atoms with Crippen LogP contribution in [-0.2, 0) is 34.0 Å². The van der Waals surface area contributed by atoms with Gasteiger partial charge in [-0.1, -0.05) is 37.4 Å². The first-order valence-corrected chi connectivity index (χ1v) is 15.7. The molecule has 4 saturated carbocycles. The Kier molecular flexibility index (Phi) is 11.1. The van der Waals surface area contributed by atoms with Crippen LogP contribution in [0.3, 0.4) is 0 Å². The maximum Gasteiger partial charge on any atom is 0.330 e. The molecule has 236 valence electrons. The minimum atomic E-state index is -0.449. The highest BCUT2D eigenvalue weighted by Gasteiger charge is 2.58. The van der Waals surface area contributed by atoms with Gasteiger partial charge >= 0.3 is 11.9 Å². The minimum Gasteiger partial charge on any atom is -0.491 e. The van der Waals surface area contributed by atoms with Crippen LogP contribution < -0.4 is 9.47 Å². The van der Waals surface area contributed by atoms with Gasteiger partial charge in [0.1, 0.15) is 37.9 Å². The molecule has 2 aromatic rings. The second kappa shape index (κ2) is 15.4. The molecule has 2 aromatic carbocycles. The predicted molar refractivity (Wildman–Crippen MR) is 166 cm³/mol. The highest BCUT2D eigenvalue weighted by molar-refractivity contribution is 5.81. The monoisotopic (exact) mass is 604 g/mol. The Hall–Kier alpha value is -3.62. The van der Waals surface area contributed by atoms with Crippen molar-refractivity contribution in [3.8, 4) is 11.5 Å². The number of rotatable bonds is 18. The molecule has 8 nitrogen and oxygen atoms in total. The summed E-state index contributed by atoms with van der Waals surface area (Å²) >= 11 is 0. The van der Waals surface area contributed by atoms with Crippen LogP contribution in [-0.4, -0.2) is 64.8 Å². The third-order valence-electron chi connectivity index (χ3n) is 9.36. The lowest BCUT2D eigenvalue weighted by Gasteiger charge is -2.62. The molecule has 6 rings (SSSR count). The van der Waals surface area contributed by atoms with Crippen molar-refractivity contribution in [3.63, 3.8) is 0 Å². The molecule has 0 unspecified atom stereocenters. The fourth-order valence-electron chi connectivity index (χ4n) is 7.85. The van der Waals surface area contributed by atoms with Crippen LogP contribution in [0.5, 0.6) is 11.5 Å². The fraction of sp³-hybridized carbons (Fsp3) is 0.500. The zero-order valence-corrected chi connectivity index (χ0v) is 25.5. The van der Waals surface area contributed by atoms with E-state index in [1.54, 1.807) is 0 Å². The Bertz CT molecular complexity index is 1140. The number of hydrogen-bond donors (Lipinski definition) is 0. The van der Waals surface area contributed by atoms with Crippen LogP contribution >= 0.6 is 0 Å². The van der Waals surface area contributed by atoms with Gasteiger partial charge in [0, 0.05) is 17.6 Å². The summed E-state index contributed by atoms with van der Waals surface area (Å²) in [6, 6.07) is 17.4. The first kappa shape index (κ1) is 31.8. The summed E-state index contributed by atoms with van der Waals surface area (Å²) in [6.07, 6.45) is 8.86. The van der Waals surface area contributed by atoms with Crippen LogP contribution in [0.1, 0.15) is 43.2 Å². The van der Waals surface area contributed by atoms with Crippen LogP contribution in [0.2, 0.25) is 0 Å². The fourth-order valence-corrected chi connectivity index (χ4v) is 7.85. The molecule has 4 aliphatic carbocycles. The average molecular weight is 605 g/mol. The van der Waals surface area contributed by atoms with Gasteiger partial charge in [0.15, 0.2) is 0 Å². The standard InChI is InChI=1S/C36H44O8/c1-3-34(37)43-19-15-39-13-17-41-32-9-5-28(6-10-32)36(30-22-26-21-27(24-30)25-31(36)23-26)29-7-11-33(12-8-29)42-18-14-40-16-20-44-35(38)4-2/h3-12,26-27,30-31H,1-2,13-25H2. The van der Waals surface area contributed by atoms with E-state index in [0.29, 0.717) is 51.5 Å². The lowest BCUT2D eigenvalue weighted by atomic mass is 9.42. The summed E-state index contributed by atoms with van der Waals surface area (Å²) in [6.45, 7) is 9.45. The Balaban J connectivity index is 1.19. The molecule has 0 radical (unpaired) electrons. The maximum absolute atomic E-state index is 11.1. The Morgan fingerprint density at radius 2 is 0.977 bits per heavy atom. The smallest absolute Gasteiger partial charge is 0.330 e. The van der Waals surface area contributed by atoms with E-state index in [4.69, 9.17) is 28.4 Å². The molecule has 0 N–H and O–H groups in total. The van der Waals surface area contributed by atoms with Gasteiger partial charge in [0.2, 0.25) is 0 Å². The van der Waals surface area contributed by atoms with Crippen molar-refractivity contribution in [3.05, 3.63) is 85.0 Å². The van der Waals surface area contributed by atoms with E-state index in [1.807, 2.05) is 0 Å². The SMILES string of the molecule is C=CC(=O)OCCOCCOc1ccc(C2(c3ccc(OCCOCCOC(=O)C=C)cc3)C3CC4CC(C3)CC2C4)cc1. The quantitative estimate of drug-likeness (QED) is 0.122. The average Bonchev–Trinajstić information content (AvgIpc) is 3.04.